The first kappa shape index (κ1) is 21.3. The smallest absolute Gasteiger partial charge is 0.116 e. The molecule has 3 heteroatoms. The number of hydrogen-bond acceptors (Lipinski definition) is 1. The van der Waals surface area contributed by atoms with Gasteiger partial charge in [-0.1, -0.05) is 12.8 Å². The van der Waals surface area contributed by atoms with Crippen molar-refractivity contribution in [1.82, 2.24) is 0 Å². The Morgan fingerprint density at radius 1 is 0.370 bits per heavy atom. The Hall–Kier alpha value is 1.05. The predicted molar refractivity (Wildman–Crippen MR) is 131 cm³/mol. The lowest BCUT2D eigenvalue weighted by Crippen LogP contribution is -2.30. The molecule has 4 aliphatic rings. The van der Waals surface area contributed by atoms with Crippen LogP contribution in [0.5, 0.6) is 0 Å². The van der Waals surface area contributed by atoms with Crippen LogP contribution in [0, 0.1) is 0 Å². The summed E-state index contributed by atoms with van der Waals surface area (Å²) in [6.45, 7) is 0. The van der Waals surface area contributed by atoms with Gasteiger partial charge in [-0.2, -0.15) is 11.8 Å². The maximum Gasteiger partial charge on any atom is 0.116 e. The molecule has 4 fully saturated rings. The molecule has 0 saturated heterocycles. The molecule has 0 amide bonds. The summed E-state index contributed by atoms with van der Waals surface area (Å²) < 4.78 is 0. The van der Waals surface area contributed by atoms with Crippen LogP contribution in [-0.2, 0) is 23.5 Å². The largest absolute Gasteiger partial charge is 0.155 e. The van der Waals surface area contributed by atoms with Gasteiger partial charge in [-0.3, -0.25) is 0 Å². The molecule has 0 spiro atoms. The zero-order valence-corrected chi connectivity index (χ0v) is 20.1. The number of rotatable bonds is 6. The molecule has 4 rings (SSSR count). The summed E-state index contributed by atoms with van der Waals surface area (Å²) in [5.74, 6) is 0. The monoisotopic (exact) mass is 428 g/mol. The number of hydrogen-bond donors (Lipinski definition) is 0. The highest BCUT2D eigenvalue weighted by Crippen LogP contribution is 2.39. The highest BCUT2D eigenvalue weighted by Gasteiger charge is 2.34. The minimum Gasteiger partial charge on any atom is -0.155 e. The summed E-state index contributed by atoms with van der Waals surface area (Å²) in [6.07, 6.45) is 27.6. The molecule has 0 bridgehead atoms. The fourth-order valence-electron chi connectivity index (χ4n) is 5.99. The summed E-state index contributed by atoms with van der Waals surface area (Å²) >= 11 is 6.14. The second kappa shape index (κ2) is 11.4. The van der Waals surface area contributed by atoms with Crippen molar-refractivity contribution in [1.29, 1.82) is 0 Å². The van der Waals surface area contributed by atoms with Crippen molar-refractivity contribution in [3.05, 3.63) is 0 Å². The second-order valence-corrected chi connectivity index (χ2v) is 15.0. The van der Waals surface area contributed by atoms with E-state index in [0.29, 0.717) is 0 Å². The summed E-state index contributed by atoms with van der Waals surface area (Å²) in [5, 5.41) is 6.31. The molecule has 0 radical (unpaired) electrons. The fraction of sp³-hybridized carbons (Fsp3) is 1.00. The molecular formula is C24H44S3+2. The molecule has 0 N–H and O–H groups in total. The van der Waals surface area contributed by atoms with E-state index >= 15 is 0 Å². The first-order valence-electron chi connectivity index (χ1n) is 12.4. The Kier molecular flexibility index (Phi) is 9.02. The summed E-state index contributed by atoms with van der Waals surface area (Å²) in [7, 11) is 0. The minimum absolute atomic E-state index is 1.01. The van der Waals surface area contributed by atoms with Gasteiger partial charge in [0.15, 0.2) is 0 Å². The van der Waals surface area contributed by atoms with E-state index in [2.05, 4.69) is 11.8 Å². The van der Waals surface area contributed by atoms with Gasteiger partial charge in [-0.05, 0) is 126 Å². The van der Waals surface area contributed by atoms with Crippen LogP contribution < -0.4 is 0 Å². The molecule has 156 valence electrons. The van der Waals surface area contributed by atoms with Crippen molar-refractivity contribution in [2.24, 2.45) is 0 Å². The third-order valence-corrected chi connectivity index (χ3v) is 13.1. The molecule has 0 nitrogen and oxygen atoms in total. The van der Waals surface area contributed by atoms with Gasteiger partial charge < -0.3 is 0 Å². The molecule has 0 aromatic heterocycles. The third kappa shape index (κ3) is 7.06. The normalized spacial score (nSPS) is 37.3. The van der Waals surface area contributed by atoms with Crippen LogP contribution in [0.1, 0.15) is 116 Å². The van der Waals surface area contributed by atoms with Crippen LogP contribution in [-0.4, -0.2) is 31.5 Å². The Balaban J connectivity index is 1.09. The average Bonchev–Trinajstić information content (AvgIpc) is 2.73. The van der Waals surface area contributed by atoms with Crippen molar-refractivity contribution in [3.8, 4) is 0 Å². The van der Waals surface area contributed by atoms with Crippen LogP contribution in [0.25, 0.3) is 0 Å². The molecular weight excluding hydrogens is 384 g/mol. The molecule has 0 aromatic rings. The summed E-state index contributed by atoms with van der Waals surface area (Å²) in [4.78, 5) is 0. The van der Waals surface area contributed by atoms with Gasteiger partial charge in [-0.25, -0.2) is 0 Å². The Morgan fingerprint density at radius 2 is 0.704 bits per heavy atom. The van der Waals surface area contributed by atoms with Crippen molar-refractivity contribution in [2.45, 2.75) is 147 Å². The average molecular weight is 429 g/mol. The molecule has 0 aromatic carbocycles. The van der Waals surface area contributed by atoms with Crippen LogP contribution in [0.4, 0.5) is 0 Å². The van der Waals surface area contributed by atoms with Gasteiger partial charge >= 0.3 is 0 Å². The molecule has 0 aliphatic heterocycles. The Morgan fingerprint density at radius 3 is 1.07 bits per heavy atom. The van der Waals surface area contributed by atoms with E-state index in [0.717, 1.165) is 31.5 Å². The maximum atomic E-state index is 2.43. The van der Waals surface area contributed by atoms with Crippen molar-refractivity contribution in [2.75, 3.05) is 0 Å². The molecule has 4 saturated carbocycles. The lowest BCUT2D eigenvalue weighted by molar-refractivity contribution is 0.488. The van der Waals surface area contributed by atoms with Gasteiger partial charge in [0.2, 0.25) is 0 Å². The Bertz CT molecular complexity index is 360. The minimum atomic E-state index is 1.01. The predicted octanol–water partition coefficient (Wildman–Crippen LogP) is 6.64. The third-order valence-electron chi connectivity index (χ3n) is 7.67. The SMILES string of the molecule is C1CCC([SH+]C2CCC(SC3CCC([SH+]C4CCCCC4)CC3)CC2)CC1. The van der Waals surface area contributed by atoms with E-state index in [-0.39, 0.29) is 0 Å². The van der Waals surface area contributed by atoms with E-state index in [1.165, 1.54) is 64.2 Å². The van der Waals surface area contributed by atoms with Crippen LogP contribution in [0.15, 0.2) is 0 Å². The van der Waals surface area contributed by atoms with Crippen LogP contribution in [0.2, 0.25) is 0 Å². The van der Waals surface area contributed by atoms with E-state index in [1.807, 2.05) is 23.5 Å². The summed E-state index contributed by atoms with van der Waals surface area (Å²) in [6, 6.07) is 0. The van der Waals surface area contributed by atoms with Gasteiger partial charge in [0, 0.05) is 10.5 Å². The van der Waals surface area contributed by atoms with Crippen molar-refractivity contribution >= 4 is 35.3 Å². The Labute approximate surface area is 181 Å². The van der Waals surface area contributed by atoms with E-state index < -0.39 is 0 Å². The quantitative estimate of drug-likeness (QED) is 0.337. The molecule has 0 atom stereocenters. The molecule has 4 aliphatic carbocycles. The van der Waals surface area contributed by atoms with Gasteiger partial charge in [-0.15, -0.1) is 0 Å². The second-order valence-electron chi connectivity index (χ2n) is 9.88. The number of thioether (sulfide) groups is 1. The zero-order valence-electron chi connectivity index (χ0n) is 17.5. The van der Waals surface area contributed by atoms with Gasteiger partial charge in [0.1, 0.15) is 21.0 Å². The van der Waals surface area contributed by atoms with E-state index in [1.54, 1.807) is 51.4 Å². The van der Waals surface area contributed by atoms with Gasteiger partial charge in [0.05, 0.1) is 0 Å². The number of thiol groups is 2. The topological polar surface area (TPSA) is 0 Å². The zero-order chi connectivity index (χ0) is 18.3. The first-order valence-corrected chi connectivity index (χ1v) is 15.4. The molecule has 0 heterocycles. The molecule has 27 heavy (non-hydrogen) atoms. The standard InChI is InChI=1S/C24H42S3/c1-3-7-19(8-4-1)25-21-11-15-23(16-12-21)27-24-17-13-22(14-18-24)26-20-9-5-2-6-10-20/h19-24H,1-18H2/p+2. The van der Waals surface area contributed by atoms with Gasteiger partial charge in [0.25, 0.3) is 0 Å². The highest BCUT2D eigenvalue weighted by molar-refractivity contribution is 8.00. The van der Waals surface area contributed by atoms with Crippen molar-refractivity contribution in [3.63, 3.8) is 0 Å². The summed E-state index contributed by atoms with van der Waals surface area (Å²) in [5.41, 5.74) is 0. The van der Waals surface area contributed by atoms with Crippen LogP contribution in [0.3, 0.4) is 0 Å². The molecule has 0 unspecified atom stereocenters. The fourth-order valence-corrected chi connectivity index (χ4v) is 11.3. The lowest BCUT2D eigenvalue weighted by Gasteiger charge is -2.32. The lowest BCUT2D eigenvalue weighted by atomic mass is 9.99. The van der Waals surface area contributed by atoms with E-state index in [4.69, 9.17) is 0 Å². The maximum absolute atomic E-state index is 2.43. The first-order chi connectivity index (χ1) is 13.3. The van der Waals surface area contributed by atoms with Crippen molar-refractivity contribution < 1.29 is 0 Å². The van der Waals surface area contributed by atoms with Crippen LogP contribution >= 0.6 is 11.8 Å². The van der Waals surface area contributed by atoms with E-state index in [9.17, 15) is 0 Å². The highest BCUT2D eigenvalue weighted by atomic mass is 32.2.